The summed E-state index contributed by atoms with van der Waals surface area (Å²) in [7, 11) is 0. The molecule has 21 heavy (non-hydrogen) atoms. The van der Waals surface area contributed by atoms with E-state index in [1.165, 1.54) is 25.7 Å². The van der Waals surface area contributed by atoms with Crippen LogP contribution in [0.2, 0.25) is 0 Å². The third-order valence-corrected chi connectivity index (χ3v) is 5.69. The highest BCUT2D eigenvalue weighted by atomic mass is 16.2. The molecule has 2 aliphatic heterocycles. The molecule has 0 aromatic rings. The van der Waals surface area contributed by atoms with Gasteiger partial charge in [0.05, 0.1) is 0 Å². The van der Waals surface area contributed by atoms with E-state index in [-0.39, 0.29) is 35.2 Å². The molecule has 2 saturated heterocycles. The van der Waals surface area contributed by atoms with Crippen LogP contribution in [0.5, 0.6) is 0 Å². The van der Waals surface area contributed by atoms with Crippen molar-refractivity contribution in [3.63, 3.8) is 0 Å². The second-order valence-corrected chi connectivity index (χ2v) is 7.86. The van der Waals surface area contributed by atoms with Gasteiger partial charge in [0.15, 0.2) is 0 Å². The Morgan fingerprint density at radius 2 is 1.81 bits per heavy atom. The second-order valence-electron chi connectivity index (χ2n) is 7.86. The molecule has 0 aromatic carbocycles. The smallest absolute Gasteiger partial charge is 0.246 e. The van der Waals surface area contributed by atoms with Gasteiger partial charge >= 0.3 is 0 Å². The summed E-state index contributed by atoms with van der Waals surface area (Å²) in [5.41, 5.74) is 0.212. The molecule has 4 nitrogen and oxygen atoms in total. The molecule has 0 bridgehead atoms. The Morgan fingerprint density at radius 3 is 2.43 bits per heavy atom. The van der Waals surface area contributed by atoms with Gasteiger partial charge in [-0.3, -0.25) is 9.59 Å². The van der Waals surface area contributed by atoms with Gasteiger partial charge in [0.2, 0.25) is 11.8 Å². The van der Waals surface area contributed by atoms with Crippen molar-refractivity contribution in [2.75, 3.05) is 13.1 Å². The van der Waals surface area contributed by atoms with E-state index in [2.05, 4.69) is 20.8 Å². The lowest BCUT2D eigenvalue weighted by molar-refractivity contribution is -0.163. The lowest BCUT2D eigenvalue weighted by atomic mass is 9.85. The monoisotopic (exact) mass is 292 g/mol. The number of hydrogen-bond acceptors (Lipinski definition) is 2. The summed E-state index contributed by atoms with van der Waals surface area (Å²) in [6, 6.07) is -0.415. The fraction of sp³-hybridized carbons (Fsp3) is 0.882. The molecule has 2 unspecified atom stereocenters. The number of rotatable bonds is 3. The predicted molar refractivity (Wildman–Crippen MR) is 81.6 cm³/mol. The number of piperazine rings is 1. The van der Waals surface area contributed by atoms with Gasteiger partial charge in [-0.15, -0.1) is 0 Å². The van der Waals surface area contributed by atoms with Crippen LogP contribution in [0.4, 0.5) is 0 Å². The van der Waals surface area contributed by atoms with E-state index in [1.807, 2.05) is 9.80 Å². The molecule has 2 atom stereocenters. The van der Waals surface area contributed by atoms with Crippen molar-refractivity contribution in [3.8, 4) is 0 Å². The molecule has 0 aromatic heterocycles. The van der Waals surface area contributed by atoms with E-state index in [0.29, 0.717) is 0 Å². The SMILES string of the molecule is CC(C)C1C(=O)N2CCCC2C(=O)N1CC1(C)CCCC1. The van der Waals surface area contributed by atoms with E-state index in [0.717, 1.165) is 25.9 Å². The van der Waals surface area contributed by atoms with Crippen molar-refractivity contribution in [2.45, 2.75) is 71.4 Å². The molecule has 3 fully saturated rings. The van der Waals surface area contributed by atoms with Gasteiger partial charge in [0.1, 0.15) is 12.1 Å². The molecular weight excluding hydrogens is 264 g/mol. The highest BCUT2D eigenvalue weighted by Gasteiger charge is 2.50. The first-order valence-corrected chi connectivity index (χ1v) is 8.54. The van der Waals surface area contributed by atoms with Gasteiger partial charge in [-0.05, 0) is 37.0 Å². The van der Waals surface area contributed by atoms with Crippen molar-refractivity contribution in [1.82, 2.24) is 9.80 Å². The van der Waals surface area contributed by atoms with Crippen molar-refractivity contribution in [2.24, 2.45) is 11.3 Å². The summed E-state index contributed by atoms with van der Waals surface area (Å²) in [5, 5.41) is 0. The lowest BCUT2D eigenvalue weighted by Crippen LogP contribution is -2.65. The summed E-state index contributed by atoms with van der Waals surface area (Å²) < 4.78 is 0. The Morgan fingerprint density at radius 1 is 1.14 bits per heavy atom. The number of fused-ring (bicyclic) bond motifs is 1. The molecule has 0 N–H and O–H groups in total. The van der Waals surface area contributed by atoms with E-state index in [1.54, 1.807) is 0 Å². The highest BCUT2D eigenvalue weighted by molar-refractivity contribution is 5.97. The van der Waals surface area contributed by atoms with Gasteiger partial charge in [-0.2, -0.15) is 0 Å². The average Bonchev–Trinajstić information content (AvgIpc) is 3.04. The fourth-order valence-corrected chi connectivity index (χ4v) is 4.54. The number of carbonyl (C=O) groups excluding carboxylic acids is 2. The van der Waals surface area contributed by atoms with Gasteiger partial charge < -0.3 is 9.80 Å². The summed E-state index contributed by atoms with van der Waals surface area (Å²) in [5.74, 6) is 0.584. The van der Waals surface area contributed by atoms with Crippen LogP contribution in [-0.2, 0) is 9.59 Å². The Bertz CT molecular complexity index is 440. The highest BCUT2D eigenvalue weighted by Crippen LogP contribution is 2.40. The van der Waals surface area contributed by atoms with E-state index in [9.17, 15) is 9.59 Å². The van der Waals surface area contributed by atoms with Gasteiger partial charge in [-0.25, -0.2) is 0 Å². The van der Waals surface area contributed by atoms with Crippen LogP contribution < -0.4 is 0 Å². The number of nitrogens with zero attached hydrogens (tertiary/aromatic N) is 2. The molecule has 2 heterocycles. The maximum Gasteiger partial charge on any atom is 0.246 e. The molecule has 1 aliphatic carbocycles. The standard InChI is InChI=1S/C17H28N2O2/c1-12(2)14-16(21)18-10-6-7-13(18)15(20)19(14)11-17(3)8-4-5-9-17/h12-14H,4-11H2,1-3H3. The van der Waals surface area contributed by atoms with Crippen LogP contribution in [0.1, 0.15) is 59.3 Å². The van der Waals surface area contributed by atoms with Crippen molar-refractivity contribution >= 4 is 11.8 Å². The first-order valence-electron chi connectivity index (χ1n) is 8.54. The average molecular weight is 292 g/mol. The Labute approximate surface area is 127 Å². The van der Waals surface area contributed by atoms with Crippen LogP contribution in [0.3, 0.4) is 0 Å². The number of carbonyl (C=O) groups is 2. The van der Waals surface area contributed by atoms with Crippen molar-refractivity contribution in [1.29, 1.82) is 0 Å². The zero-order chi connectivity index (χ0) is 15.2. The van der Waals surface area contributed by atoms with Crippen molar-refractivity contribution < 1.29 is 9.59 Å². The van der Waals surface area contributed by atoms with E-state index >= 15 is 0 Å². The summed E-state index contributed by atoms with van der Waals surface area (Å²) in [4.78, 5) is 29.5. The van der Waals surface area contributed by atoms with Gasteiger partial charge in [-0.1, -0.05) is 33.6 Å². The zero-order valence-electron chi connectivity index (χ0n) is 13.6. The molecule has 0 spiro atoms. The largest absolute Gasteiger partial charge is 0.329 e. The Hall–Kier alpha value is -1.06. The molecule has 1 saturated carbocycles. The maximum absolute atomic E-state index is 12.9. The quantitative estimate of drug-likeness (QED) is 0.801. The first kappa shape index (κ1) is 14.9. The molecule has 118 valence electrons. The van der Waals surface area contributed by atoms with Crippen LogP contribution >= 0.6 is 0 Å². The van der Waals surface area contributed by atoms with Gasteiger partial charge in [0.25, 0.3) is 0 Å². The molecule has 4 heteroatoms. The third-order valence-electron chi connectivity index (χ3n) is 5.69. The Kier molecular flexibility index (Phi) is 3.74. The second kappa shape index (κ2) is 5.29. The van der Waals surface area contributed by atoms with E-state index in [4.69, 9.17) is 0 Å². The summed E-state index contributed by atoms with van der Waals surface area (Å²) >= 11 is 0. The van der Waals surface area contributed by atoms with Crippen LogP contribution in [0.15, 0.2) is 0 Å². The number of hydrogen-bond donors (Lipinski definition) is 0. The fourth-order valence-electron chi connectivity index (χ4n) is 4.54. The first-order chi connectivity index (χ1) is 9.93. The maximum atomic E-state index is 12.9. The number of amides is 2. The molecule has 3 rings (SSSR count). The summed E-state index contributed by atoms with van der Waals surface area (Å²) in [6.07, 6.45) is 6.71. The minimum Gasteiger partial charge on any atom is -0.329 e. The zero-order valence-corrected chi connectivity index (χ0v) is 13.6. The van der Waals surface area contributed by atoms with Crippen LogP contribution in [-0.4, -0.2) is 46.8 Å². The normalized spacial score (nSPS) is 32.2. The minimum absolute atomic E-state index is 0.169. The van der Waals surface area contributed by atoms with E-state index < -0.39 is 0 Å². The van der Waals surface area contributed by atoms with Crippen LogP contribution in [0, 0.1) is 11.3 Å². The minimum atomic E-state index is -0.246. The van der Waals surface area contributed by atoms with Gasteiger partial charge in [0, 0.05) is 13.1 Å². The predicted octanol–water partition coefficient (Wildman–Crippen LogP) is 2.42. The topological polar surface area (TPSA) is 40.6 Å². The molecule has 3 aliphatic rings. The summed E-state index contributed by atoms with van der Waals surface area (Å²) in [6.45, 7) is 7.96. The molecule has 0 radical (unpaired) electrons. The Balaban J connectivity index is 1.87. The van der Waals surface area contributed by atoms with Crippen molar-refractivity contribution in [3.05, 3.63) is 0 Å². The lowest BCUT2D eigenvalue weighted by Gasteiger charge is -2.46. The molecular formula is C17H28N2O2. The third kappa shape index (κ3) is 2.47. The van der Waals surface area contributed by atoms with Crippen LogP contribution in [0.25, 0.3) is 0 Å². The molecule has 2 amide bonds.